The van der Waals surface area contributed by atoms with Crippen LogP contribution in [-0.4, -0.2) is 16.8 Å². The van der Waals surface area contributed by atoms with E-state index in [0.717, 1.165) is 24.8 Å². The molecule has 2 rings (SSSR count). The SMILES string of the molecule is CCCCc1ccc(C(=O)NNC(=O)c2ccco2)nc1. The molecule has 2 N–H and O–H groups in total. The number of furan rings is 1. The number of amides is 2. The Morgan fingerprint density at radius 3 is 2.62 bits per heavy atom. The van der Waals surface area contributed by atoms with Crippen molar-refractivity contribution in [2.24, 2.45) is 0 Å². The van der Waals surface area contributed by atoms with Gasteiger partial charge in [-0.3, -0.25) is 25.4 Å². The zero-order chi connectivity index (χ0) is 15.1. The molecule has 0 saturated heterocycles. The smallest absolute Gasteiger partial charge is 0.305 e. The summed E-state index contributed by atoms with van der Waals surface area (Å²) in [6, 6.07) is 6.60. The third-order valence-electron chi connectivity index (χ3n) is 2.91. The van der Waals surface area contributed by atoms with E-state index in [1.54, 1.807) is 18.3 Å². The van der Waals surface area contributed by atoms with Crippen molar-refractivity contribution in [3.8, 4) is 0 Å². The lowest BCUT2D eigenvalue weighted by molar-refractivity contribution is 0.0828. The van der Waals surface area contributed by atoms with E-state index in [2.05, 4.69) is 22.8 Å². The number of pyridine rings is 1. The Kier molecular flexibility index (Phi) is 5.09. The highest BCUT2D eigenvalue weighted by atomic mass is 16.3. The number of carbonyl (C=O) groups excluding carboxylic acids is 2. The van der Waals surface area contributed by atoms with Crippen LogP contribution in [0.25, 0.3) is 0 Å². The Labute approximate surface area is 122 Å². The van der Waals surface area contributed by atoms with Gasteiger partial charge in [-0.15, -0.1) is 0 Å². The van der Waals surface area contributed by atoms with Gasteiger partial charge in [0.25, 0.3) is 5.91 Å². The highest BCUT2D eigenvalue weighted by molar-refractivity contribution is 5.96. The van der Waals surface area contributed by atoms with E-state index in [4.69, 9.17) is 4.42 Å². The molecule has 0 saturated carbocycles. The van der Waals surface area contributed by atoms with Gasteiger partial charge < -0.3 is 4.42 Å². The molecule has 0 fully saturated rings. The van der Waals surface area contributed by atoms with Crippen LogP contribution in [0.1, 0.15) is 46.4 Å². The van der Waals surface area contributed by atoms with Crippen LogP contribution in [-0.2, 0) is 6.42 Å². The largest absolute Gasteiger partial charge is 0.459 e. The van der Waals surface area contributed by atoms with Crippen molar-refractivity contribution < 1.29 is 14.0 Å². The van der Waals surface area contributed by atoms with Gasteiger partial charge in [0.1, 0.15) is 5.69 Å². The summed E-state index contributed by atoms with van der Waals surface area (Å²) < 4.78 is 4.91. The van der Waals surface area contributed by atoms with Crippen LogP contribution in [0.2, 0.25) is 0 Å². The summed E-state index contributed by atoms with van der Waals surface area (Å²) in [5.41, 5.74) is 5.88. The predicted molar refractivity (Wildman–Crippen MR) is 76.5 cm³/mol. The maximum absolute atomic E-state index is 11.8. The van der Waals surface area contributed by atoms with Crippen LogP contribution < -0.4 is 10.9 Å². The summed E-state index contributed by atoms with van der Waals surface area (Å²) in [5, 5.41) is 0. The van der Waals surface area contributed by atoms with Crippen molar-refractivity contribution in [3.05, 3.63) is 53.7 Å². The Balaban J connectivity index is 1.87. The monoisotopic (exact) mass is 287 g/mol. The van der Waals surface area contributed by atoms with Gasteiger partial charge in [-0.1, -0.05) is 19.4 Å². The van der Waals surface area contributed by atoms with Crippen LogP contribution in [0, 0.1) is 0 Å². The first kappa shape index (κ1) is 14.8. The number of aryl methyl sites for hydroxylation is 1. The molecule has 2 aromatic heterocycles. The highest BCUT2D eigenvalue weighted by Crippen LogP contribution is 2.05. The first-order valence-corrected chi connectivity index (χ1v) is 6.80. The molecule has 0 aliphatic heterocycles. The maximum atomic E-state index is 11.8. The second kappa shape index (κ2) is 7.23. The number of hydrogen-bond donors (Lipinski definition) is 2. The van der Waals surface area contributed by atoms with Gasteiger partial charge in [-0.05, 0) is 36.6 Å². The van der Waals surface area contributed by atoms with Crippen molar-refractivity contribution in [3.63, 3.8) is 0 Å². The van der Waals surface area contributed by atoms with Gasteiger partial charge in [-0.2, -0.15) is 0 Å². The van der Waals surface area contributed by atoms with Crippen LogP contribution in [0.15, 0.2) is 41.1 Å². The second-order valence-electron chi connectivity index (χ2n) is 4.54. The van der Waals surface area contributed by atoms with Crippen molar-refractivity contribution >= 4 is 11.8 Å². The lowest BCUT2D eigenvalue weighted by Gasteiger charge is -2.06. The second-order valence-corrected chi connectivity index (χ2v) is 4.54. The summed E-state index contributed by atoms with van der Waals surface area (Å²) >= 11 is 0. The van der Waals surface area contributed by atoms with Crippen LogP contribution in [0.4, 0.5) is 0 Å². The summed E-state index contributed by atoms with van der Waals surface area (Å²) in [7, 11) is 0. The van der Waals surface area contributed by atoms with Crippen LogP contribution in [0.3, 0.4) is 0 Å². The fraction of sp³-hybridized carbons (Fsp3) is 0.267. The topological polar surface area (TPSA) is 84.2 Å². The summed E-state index contributed by atoms with van der Waals surface area (Å²) in [6.45, 7) is 2.12. The molecule has 6 heteroatoms. The Bertz CT molecular complexity index is 591. The number of hydrazine groups is 1. The molecular formula is C15H17N3O3. The molecule has 0 aliphatic rings. The van der Waals surface area contributed by atoms with E-state index >= 15 is 0 Å². The number of nitrogens with zero attached hydrogens (tertiary/aromatic N) is 1. The fourth-order valence-corrected chi connectivity index (χ4v) is 1.73. The first-order chi connectivity index (χ1) is 10.2. The van der Waals surface area contributed by atoms with Crippen LogP contribution in [0.5, 0.6) is 0 Å². The third kappa shape index (κ3) is 4.17. The Morgan fingerprint density at radius 2 is 2.00 bits per heavy atom. The van der Waals surface area contributed by atoms with Gasteiger partial charge in [0.2, 0.25) is 0 Å². The number of rotatable bonds is 5. The molecule has 6 nitrogen and oxygen atoms in total. The summed E-state index contributed by atoms with van der Waals surface area (Å²) in [5.74, 6) is -0.872. The van der Waals surface area contributed by atoms with Crippen molar-refractivity contribution in [1.82, 2.24) is 15.8 Å². The zero-order valence-electron chi connectivity index (χ0n) is 11.8. The Morgan fingerprint density at radius 1 is 1.19 bits per heavy atom. The van der Waals surface area contributed by atoms with Crippen molar-refractivity contribution in [2.45, 2.75) is 26.2 Å². The van der Waals surface area contributed by atoms with Gasteiger partial charge >= 0.3 is 5.91 Å². The molecule has 2 amide bonds. The third-order valence-corrected chi connectivity index (χ3v) is 2.91. The fourth-order valence-electron chi connectivity index (χ4n) is 1.73. The molecule has 0 aliphatic carbocycles. The standard InChI is InChI=1S/C15H17N3O3/c1-2-3-5-11-7-8-12(16-10-11)14(19)17-18-15(20)13-6-4-9-21-13/h4,6-10H,2-3,5H2,1H3,(H,17,19)(H,18,20). The van der Waals surface area contributed by atoms with Crippen LogP contribution >= 0.6 is 0 Å². The van der Waals surface area contributed by atoms with Gasteiger partial charge in [-0.25, -0.2) is 0 Å². The average Bonchev–Trinajstić information content (AvgIpc) is 3.05. The minimum atomic E-state index is -0.520. The summed E-state index contributed by atoms with van der Waals surface area (Å²) in [4.78, 5) is 27.5. The minimum Gasteiger partial charge on any atom is -0.459 e. The number of nitrogens with one attached hydrogen (secondary N) is 2. The highest BCUT2D eigenvalue weighted by Gasteiger charge is 2.11. The molecule has 2 heterocycles. The Hall–Kier alpha value is -2.63. The quantitative estimate of drug-likeness (QED) is 0.825. The van der Waals surface area contributed by atoms with Crippen molar-refractivity contribution in [2.75, 3.05) is 0 Å². The van der Waals surface area contributed by atoms with E-state index in [-0.39, 0.29) is 11.5 Å². The number of unbranched alkanes of at least 4 members (excludes halogenated alkanes) is 1. The zero-order valence-corrected chi connectivity index (χ0v) is 11.8. The summed E-state index contributed by atoms with van der Waals surface area (Å²) in [6.07, 6.45) is 6.21. The molecule has 0 bridgehead atoms. The maximum Gasteiger partial charge on any atom is 0.305 e. The van der Waals surface area contributed by atoms with E-state index in [9.17, 15) is 9.59 Å². The van der Waals surface area contributed by atoms with Gasteiger partial charge in [0.05, 0.1) is 6.26 Å². The number of carbonyl (C=O) groups is 2. The molecule has 0 spiro atoms. The predicted octanol–water partition coefficient (Wildman–Crippen LogP) is 2.09. The molecule has 21 heavy (non-hydrogen) atoms. The molecule has 0 unspecified atom stereocenters. The molecule has 0 atom stereocenters. The van der Waals surface area contributed by atoms with Gasteiger partial charge in [0, 0.05) is 6.20 Å². The first-order valence-electron chi connectivity index (χ1n) is 6.80. The van der Waals surface area contributed by atoms with Crippen molar-refractivity contribution in [1.29, 1.82) is 0 Å². The number of aromatic nitrogens is 1. The average molecular weight is 287 g/mol. The van der Waals surface area contributed by atoms with E-state index in [1.165, 1.54) is 12.3 Å². The lowest BCUT2D eigenvalue weighted by Crippen LogP contribution is -2.41. The molecule has 0 radical (unpaired) electrons. The number of hydrogen-bond acceptors (Lipinski definition) is 4. The molecule has 0 aromatic carbocycles. The molecular weight excluding hydrogens is 270 g/mol. The minimum absolute atomic E-state index is 0.123. The molecule has 2 aromatic rings. The normalized spacial score (nSPS) is 10.1. The van der Waals surface area contributed by atoms with E-state index < -0.39 is 11.8 Å². The van der Waals surface area contributed by atoms with E-state index in [1.807, 2.05) is 6.07 Å². The molecule has 110 valence electrons. The van der Waals surface area contributed by atoms with Gasteiger partial charge in [0.15, 0.2) is 5.76 Å². The lowest BCUT2D eigenvalue weighted by atomic mass is 10.1. The van der Waals surface area contributed by atoms with E-state index in [0.29, 0.717) is 0 Å².